The minimum absolute atomic E-state index is 0.152. The predicted octanol–water partition coefficient (Wildman–Crippen LogP) is 3.49. The largest absolute Gasteiger partial charge is 0.343 e. The third-order valence-corrected chi connectivity index (χ3v) is 5.09. The van der Waals surface area contributed by atoms with Gasteiger partial charge < -0.3 is 4.81 Å². The van der Waals surface area contributed by atoms with Crippen molar-refractivity contribution in [1.82, 2.24) is 4.81 Å². The van der Waals surface area contributed by atoms with E-state index < -0.39 is 0 Å². The lowest BCUT2D eigenvalue weighted by atomic mass is 9.64. The topological polar surface area (TPSA) is 3.24 Å². The summed E-state index contributed by atoms with van der Waals surface area (Å²) in [5, 5.41) is 0. The van der Waals surface area contributed by atoms with Gasteiger partial charge in [0.1, 0.15) is 0 Å². The third-order valence-electron chi connectivity index (χ3n) is 5.09. The molecule has 1 nitrogen and oxygen atoms in total. The van der Waals surface area contributed by atoms with Gasteiger partial charge in [-0.1, -0.05) is 60.7 Å². The van der Waals surface area contributed by atoms with Crippen LogP contribution >= 0.6 is 0 Å². The van der Waals surface area contributed by atoms with E-state index in [-0.39, 0.29) is 5.41 Å². The normalized spacial score (nSPS) is 24.3. The number of fused-ring (bicyclic) bond motifs is 1. The molecule has 2 heteroatoms. The lowest BCUT2D eigenvalue weighted by Crippen LogP contribution is -2.39. The molecule has 0 aliphatic carbocycles. The molecule has 2 fully saturated rings. The zero-order chi connectivity index (χ0) is 13.4. The molecule has 0 N–H and O–H groups in total. The Bertz CT molecular complexity index is 541. The Balaban J connectivity index is 1.90. The van der Waals surface area contributed by atoms with Gasteiger partial charge >= 0.3 is 0 Å². The third kappa shape index (κ3) is 1.68. The van der Waals surface area contributed by atoms with Crippen molar-refractivity contribution < 1.29 is 0 Å². The fourth-order valence-corrected chi connectivity index (χ4v) is 4.19. The van der Waals surface area contributed by atoms with Gasteiger partial charge in [-0.15, -0.1) is 0 Å². The van der Waals surface area contributed by atoms with Crippen LogP contribution in [-0.4, -0.2) is 24.8 Å². The first-order chi connectivity index (χ1) is 9.91. The van der Waals surface area contributed by atoms with E-state index in [1.54, 1.807) is 0 Å². The molecular formula is C18H19BN. The first kappa shape index (κ1) is 12.2. The van der Waals surface area contributed by atoms with Gasteiger partial charge in [-0.25, -0.2) is 0 Å². The molecular weight excluding hydrogens is 241 g/mol. The summed E-state index contributed by atoms with van der Waals surface area (Å²) in [7, 11) is 2.44. The minimum Gasteiger partial charge on any atom is -0.343 e. The Hall–Kier alpha value is -1.54. The fraction of sp³-hybridized carbons (Fsp3) is 0.333. The molecule has 2 aliphatic heterocycles. The molecule has 2 heterocycles. The fourth-order valence-electron chi connectivity index (χ4n) is 4.19. The van der Waals surface area contributed by atoms with Crippen molar-refractivity contribution >= 4 is 7.41 Å². The Morgan fingerprint density at radius 1 is 0.900 bits per heavy atom. The monoisotopic (exact) mass is 260 g/mol. The van der Waals surface area contributed by atoms with Gasteiger partial charge in [-0.05, 0) is 36.8 Å². The summed E-state index contributed by atoms with van der Waals surface area (Å²) in [6.07, 6.45) is 3.76. The summed E-state index contributed by atoms with van der Waals surface area (Å²) in [6, 6.07) is 22.8. The van der Waals surface area contributed by atoms with Crippen molar-refractivity contribution in [3.63, 3.8) is 0 Å². The van der Waals surface area contributed by atoms with E-state index in [2.05, 4.69) is 72.9 Å². The van der Waals surface area contributed by atoms with Gasteiger partial charge in [0.15, 0.2) is 0 Å². The van der Waals surface area contributed by atoms with Crippen LogP contribution in [0.25, 0.3) is 0 Å². The zero-order valence-corrected chi connectivity index (χ0v) is 11.7. The van der Waals surface area contributed by atoms with Crippen LogP contribution in [0.15, 0.2) is 60.7 Å². The van der Waals surface area contributed by atoms with E-state index in [1.807, 2.05) is 0 Å². The molecule has 1 atom stereocenters. The first-order valence-electron chi connectivity index (χ1n) is 7.61. The number of hydrogen-bond acceptors (Lipinski definition) is 1. The molecule has 2 saturated heterocycles. The molecule has 2 aromatic rings. The maximum Gasteiger partial charge on any atom is 0.210 e. The first-order valence-corrected chi connectivity index (χ1v) is 7.61. The summed E-state index contributed by atoms with van der Waals surface area (Å²) in [6.45, 7) is 1.23. The van der Waals surface area contributed by atoms with Crippen LogP contribution in [0.4, 0.5) is 0 Å². The Kier molecular flexibility index (Phi) is 2.92. The second-order valence-electron chi connectivity index (χ2n) is 5.99. The lowest BCUT2D eigenvalue weighted by Gasteiger charge is -2.37. The molecule has 2 aliphatic rings. The van der Waals surface area contributed by atoms with Gasteiger partial charge in [-0.2, -0.15) is 0 Å². The maximum absolute atomic E-state index is 2.58. The van der Waals surface area contributed by atoms with Crippen molar-refractivity contribution in [1.29, 1.82) is 0 Å². The van der Waals surface area contributed by atoms with E-state index in [4.69, 9.17) is 0 Å². The molecule has 1 radical (unpaired) electrons. The average molecular weight is 260 g/mol. The quantitative estimate of drug-likeness (QED) is 0.747. The van der Waals surface area contributed by atoms with Crippen LogP contribution in [-0.2, 0) is 5.41 Å². The minimum atomic E-state index is 0.152. The highest BCUT2D eigenvalue weighted by Gasteiger charge is 2.51. The van der Waals surface area contributed by atoms with Gasteiger partial charge in [0.25, 0.3) is 0 Å². The molecule has 2 aromatic carbocycles. The average Bonchev–Trinajstić information content (AvgIpc) is 3.11. The SMILES string of the molecule is [B]1CC(c2ccccc2)(c2ccccc2)[C@@H]2CCCN12. The summed E-state index contributed by atoms with van der Waals surface area (Å²) in [5.41, 5.74) is 3.09. The van der Waals surface area contributed by atoms with Crippen molar-refractivity contribution in [2.45, 2.75) is 30.6 Å². The highest BCUT2D eigenvalue weighted by atomic mass is 15.1. The van der Waals surface area contributed by atoms with E-state index in [0.29, 0.717) is 6.04 Å². The zero-order valence-electron chi connectivity index (χ0n) is 11.7. The van der Waals surface area contributed by atoms with Crippen molar-refractivity contribution in [3.05, 3.63) is 71.8 Å². The number of benzene rings is 2. The number of nitrogens with zero attached hydrogens (tertiary/aromatic N) is 1. The predicted molar refractivity (Wildman–Crippen MR) is 84.0 cm³/mol. The molecule has 20 heavy (non-hydrogen) atoms. The lowest BCUT2D eigenvalue weighted by molar-refractivity contribution is 0.340. The van der Waals surface area contributed by atoms with Crippen molar-refractivity contribution in [2.24, 2.45) is 0 Å². The van der Waals surface area contributed by atoms with Gasteiger partial charge in [0.05, 0.1) is 0 Å². The Morgan fingerprint density at radius 2 is 1.50 bits per heavy atom. The number of hydrogen-bond donors (Lipinski definition) is 0. The van der Waals surface area contributed by atoms with Gasteiger partial charge in [-0.3, -0.25) is 0 Å². The Labute approximate surface area is 121 Å². The van der Waals surface area contributed by atoms with Crippen LogP contribution in [0.3, 0.4) is 0 Å². The van der Waals surface area contributed by atoms with E-state index in [1.165, 1.54) is 30.5 Å². The van der Waals surface area contributed by atoms with Crippen molar-refractivity contribution in [2.75, 3.05) is 6.54 Å². The summed E-state index contributed by atoms with van der Waals surface area (Å²) in [4.78, 5) is 2.58. The van der Waals surface area contributed by atoms with E-state index in [9.17, 15) is 0 Å². The van der Waals surface area contributed by atoms with Gasteiger partial charge in [0.2, 0.25) is 7.41 Å². The second-order valence-corrected chi connectivity index (χ2v) is 5.99. The summed E-state index contributed by atoms with van der Waals surface area (Å²) < 4.78 is 0. The molecule has 99 valence electrons. The summed E-state index contributed by atoms with van der Waals surface area (Å²) >= 11 is 0. The summed E-state index contributed by atoms with van der Waals surface area (Å²) in [5.74, 6) is 0. The molecule has 0 amide bonds. The van der Waals surface area contributed by atoms with E-state index >= 15 is 0 Å². The maximum atomic E-state index is 2.58. The molecule has 4 rings (SSSR count). The highest BCUT2D eigenvalue weighted by Crippen LogP contribution is 2.49. The van der Waals surface area contributed by atoms with Crippen LogP contribution in [0.5, 0.6) is 0 Å². The second kappa shape index (κ2) is 4.78. The van der Waals surface area contributed by atoms with Crippen molar-refractivity contribution in [3.8, 4) is 0 Å². The standard InChI is InChI=1S/C18H19BN/c1-3-8-15(9-4-1)18(16-10-5-2-6-11-16)14-19-20-13-7-12-17(18)20/h1-6,8-11,17H,7,12-14H2/t17-/m0/s1. The van der Waals surface area contributed by atoms with Crippen LogP contribution in [0, 0.1) is 0 Å². The molecule has 0 aromatic heterocycles. The van der Waals surface area contributed by atoms with E-state index in [0.717, 1.165) is 6.32 Å². The number of rotatable bonds is 2. The van der Waals surface area contributed by atoms with Crippen LogP contribution in [0.1, 0.15) is 24.0 Å². The smallest absolute Gasteiger partial charge is 0.210 e. The van der Waals surface area contributed by atoms with Crippen LogP contribution < -0.4 is 0 Å². The van der Waals surface area contributed by atoms with Gasteiger partial charge in [0, 0.05) is 11.5 Å². The molecule has 0 unspecified atom stereocenters. The molecule has 0 saturated carbocycles. The Morgan fingerprint density at radius 3 is 2.10 bits per heavy atom. The van der Waals surface area contributed by atoms with Crippen LogP contribution in [0.2, 0.25) is 6.32 Å². The highest BCUT2D eigenvalue weighted by molar-refractivity contribution is 6.34. The molecule has 0 spiro atoms. The molecule has 0 bridgehead atoms.